The monoisotopic (exact) mass is 446 g/mol. The van der Waals surface area contributed by atoms with E-state index >= 15 is 0 Å². The molecule has 1 aromatic rings. The molecular formula is C20H30Cl2NOSiTi. The number of hydrogen-bond donors (Lipinski definition) is 0. The van der Waals surface area contributed by atoms with Gasteiger partial charge in [-0.05, 0) is 25.0 Å². The molecule has 1 atom stereocenters. The van der Waals surface area contributed by atoms with E-state index in [4.69, 9.17) is 5.73 Å². The number of rotatable bonds is 1. The summed E-state index contributed by atoms with van der Waals surface area (Å²) in [6.07, 6.45) is 3.36. The maximum atomic E-state index is 10.8. The van der Waals surface area contributed by atoms with Crippen molar-refractivity contribution >= 4 is 15.4 Å². The molecule has 0 saturated heterocycles. The summed E-state index contributed by atoms with van der Waals surface area (Å²) in [5.74, 6) is -0.0365. The van der Waals surface area contributed by atoms with E-state index in [0.29, 0.717) is 11.5 Å². The molecular weight excluding hydrogens is 417 g/mol. The summed E-state index contributed by atoms with van der Waals surface area (Å²) in [6.45, 7) is 16.8. The van der Waals surface area contributed by atoms with Gasteiger partial charge >= 0.3 is 21.7 Å². The maximum absolute atomic E-state index is 10.8. The number of hydrogen-bond acceptors (Lipinski definition) is 1. The van der Waals surface area contributed by atoms with Crippen LogP contribution in [-0.4, -0.2) is 15.4 Å². The van der Waals surface area contributed by atoms with Crippen LogP contribution in [0.3, 0.4) is 0 Å². The molecule has 0 aromatic heterocycles. The van der Waals surface area contributed by atoms with Crippen LogP contribution in [0.1, 0.15) is 49.2 Å². The van der Waals surface area contributed by atoms with E-state index < -0.39 is 5.91 Å². The third-order valence-electron chi connectivity index (χ3n) is 3.94. The molecule has 1 aliphatic carbocycles. The first kappa shape index (κ1) is 33.3. The van der Waals surface area contributed by atoms with Crippen LogP contribution in [0.4, 0.5) is 0 Å². The Labute approximate surface area is 190 Å². The van der Waals surface area contributed by atoms with Crippen LogP contribution < -0.4 is 24.8 Å². The summed E-state index contributed by atoms with van der Waals surface area (Å²) in [7, 11) is 0.750. The van der Waals surface area contributed by atoms with Crippen LogP contribution in [0.25, 0.3) is 5.73 Å². The molecule has 1 N–H and O–H groups in total. The Morgan fingerprint density at radius 3 is 1.58 bits per heavy atom. The normalized spacial score (nSPS) is 14.2. The Morgan fingerprint density at radius 1 is 1.04 bits per heavy atom. The molecule has 2 rings (SSSR count). The van der Waals surface area contributed by atoms with E-state index in [0.717, 1.165) is 20.6 Å². The van der Waals surface area contributed by atoms with Crippen LogP contribution in [-0.2, 0) is 21.7 Å². The third-order valence-corrected chi connectivity index (χ3v) is 3.94. The molecule has 0 fully saturated rings. The number of carbonyl (C=O) groups excluding carboxylic acids is 1. The van der Waals surface area contributed by atoms with Gasteiger partial charge in [-0.3, -0.25) is 6.08 Å². The van der Waals surface area contributed by atoms with E-state index in [1.54, 1.807) is 0 Å². The van der Waals surface area contributed by atoms with Gasteiger partial charge in [-0.2, -0.15) is 11.1 Å². The predicted molar refractivity (Wildman–Crippen MR) is 103 cm³/mol. The number of nitrogens with one attached hydrogen (secondary N) is 1. The Kier molecular flexibility index (Phi) is 21.5. The molecule has 26 heavy (non-hydrogen) atoms. The van der Waals surface area contributed by atoms with Gasteiger partial charge in [0, 0.05) is 15.1 Å². The second-order valence-corrected chi connectivity index (χ2v) is 7.13. The molecule has 6 heteroatoms. The van der Waals surface area contributed by atoms with Crippen molar-refractivity contribution < 1.29 is 51.3 Å². The Bertz CT molecular complexity index is 596. The second kappa shape index (κ2) is 16.8. The number of benzene rings is 1. The molecule has 0 spiro atoms. The molecule has 1 unspecified atom stereocenters. The predicted octanol–water partition coefficient (Wildman–Crippen LogP) is -0.258. The molecule has 1 amide bonds. The zero-order valence-corrected chi connectivity index (χ0v) is 21.3. The maximum Gasteiger partial charge on any atom is 4.00 e. The average Bonchev–Trinajstić information content (AvgIpc) is 2.66. The van der Waals surface area contributed by atoms with E-state index in [1.165, 1.54) is 16.7 Å². The molecule has 2 nitrogen and oxygen atoms in total. The molecule has 1 aliphatic rings. The number of aryl methyl sites for hydroxylation is 2. The van der Waals surface area contributed by atoms with E-state index in [-0.39, 0.29) is 46.5 Å². The molecule has 0 aliphatic heterocycles. The van der Waals surface area contributed by atoms with Crippen molar-refractivity contribution in [3.05, 3.63) is 63.4 Å². The number of amides is 1. The Morgan fingerprint density at radius 2 is 1.42 bits per heavy atom. The number of halogens is 2. The number of carbonyl (C=O) groups is 1. The fourth-order valence-corrected chi connectivity index (χ4v) is 2.33. The zero-order valence-electron chi connectivity index (χ0n) is 17.1. The van der Waals surface area contributed by atoms with Gasteiger partial charge < -0.3 is 35.3 Å². The minimum atomic E-state index is -0.597. The Balaban J connectivity index is -0.000000148. The third kappa shape index (κ3) is 10.7. The van der Waals surface area contributed by atoms with Crippen LogP contribution in [0.15, 0.2) is 34.9 Å². The molecule has 1 radical (unpaired) electrons. The van der Waals surface area contributed by atoms with Gasteiger partial charge in [0.15, 0.2) is 0 Å². The summed E-state index contributed by atoms with van der Waals surface area (Å²) in [5, 5.41) is 0. The van der Waals surface area contributed by atoms with Crippen molar-refractivity contribution in [2.75, 3.05) is 0 Å². The van der Waals surface area contributed by atoms with Crippen LogP contribution in [0.5, 0.6) is 0 Å². The fourth-order valence-electron chi connectivity index (χ4n) is 2.33. The van der Waals surface area contributed by atoms with Gasteiger partial charge in [0.1, 0.15) is 0 Å². The summed E-state index contributed by atoms with van der Waals surface area (Å²) in [4.78, 5) is 10.8. The van der Waals surface area contributed by atoms with Crippen LogP contribution >= 0.6 is 0 Å². The standard InChI is InChI=1S/C9H11NO.C9H13.C2H7Si.2ClH.Ti/c1-6-4-3-5-7(2)8(6)9(10)11;1-6-5-7(2)9(4)8(6)3;1-3-2;;;/h3-5H,1-2H3,(H2,10,11);6H,1-4H3;3H,1-2H3;2*1H;/q;-1;;;;+4/p-3. The van der Waals surface area contributed by atoms with Gasteiger partial charge in [0.25, 0.3) is 0 Å². The van der Waals surface area contributed by atoms with Crippen molar-refractivity contribution in [3.8, 4) is 0 Å². The second-order valence-electron chi connectivity index (χ2n) is 5.97. The first-order chi connectivity index (χ1) is 10.7. The minimum Gasteiger partial charge on any atom is -1.00 e. The average molecular weight is 447 g/mol. The largest absolute Gasteiger partial charge is 4.00 e. The summed E-state index contributed by atoms with van der Waals surface area (Å²) >= 11 is 0. The van der Waals surface area contributed by atoms with Crippen molar-refractivity contribution in [3.63, 3.8) is 0 Å². The van der Waals surface area contributed by atoms with Gasteiger partial charge in [-0.25, -0.2) is 5.57 Å². The van der Waals surface area contributed by atoms with Gasteiger partial charge in [0.05, 0.1) is 5.91 Å². The SMILES string of the molecule is CC1=[C-]C(C)C(C)=C1C.C[SiH]C.Cc1cccc(C)c1C([NH-])=O.[Cl-].[Cl-].[Ti+4]. The van der Waals surface area contributed by atoms with Crippen molar-refractivity contribution in [1.82, 2.24) is 0 Å². The quantitative estimate of drug-likeness (QED) is 0.432. The van der Waals surface area contributed by atoms with E-state index in [9.17, 15) is 4.79 Å². The minimum absolute atomic E-state index is 0. The molecule has 0 bridgehead atoms. The van der Waals surface area contributed by atoms with E-state index in [2.05, 4.69) is 46.9 Å². The smallest absolute Gasteiger partial charge is 1.00 e. The first-order valence-corrected chi connectivity index (χ1v) is 10.3. The first-order valence-electron chi connectivity index (χ1n) is 8.01. The van der Waals surface area contributed by atoms with Crippen molar-refractivity contribution in [1.29, 1.82) is 0 Å². The van der Waals surface area contributed by atoms with Crippen LogP contribution in [0, 0.1) is 25.8 Å². The fraction of sp³-hybridized carbons (Fsp3) is 0.450. The Hall–Kier alpha value is -0.319. The molecule has 0 heterocycles. The van der Waals surface area contributed by atoms with Gasteiger partial charge in [-0.1, -0.05) is 58.0 Å². The number of allylic oxidation sites excluding steroid dienone is 4. The summed E-state index contributed by atoms with van der Waals surface area (Å²) in [5.41, 5.74) is 13.5. The topological polar surface area (TPSA) is 40.9 Å². The summed E-state index contributed by atoms with van der Waals surface area (Å²) < 4.78 is 0. The molecule has 1 aromatic carbocycles. The summed E-state index contributed by atoms with van der Waals surface area (Å²) in [6, 6.07) is 5.57. The molecule has 143 valence electrons. The zero-order chi connectivity index (χ0) is 18.2. The molecule has 0 saturated carbocycles. The van der Waals surface area contributed by atoms with Gasteiger partial charge in [0.2, 0.25) is 0 Å². The van der Waals surface area contributed by atoms with Crippen molar-refractivity contribution in [2.24, 2.45) is 5.92 Å². The van der Waals surface area contributed by atoms with Gasteiger partial charge in [-0.15, -0.1) is 6.92 Å². The van der Waals surface area contributed by atoms with E-state index in [1.807, 2.05) is 32.0 Å². The van der Waals surface area contributed by atoms with Crippen molar-refractivity contribution in [2.45, 2.75) is 54.6 Å². The van der Waals surface area contributed by atoms with Crippen LogP contribution in [0.2, 0.25) is 13.1 Å².